The first kappa shape index (κ1) is 21.0. The van der Waals surface area contributed by atoms with Crippen molar-refractivity contribution in [1.82, 2.24) is 9.21 Å². The Bertz CT molecular complexity index is 1010. The van der Waals surface area contributed by atoms with Crippen molar-refractivity contribution < 1.29 is 18.0 Å². The van der Waals surface area contributed by atoms with Gasteiger partial charge in [-0.15, -0.1) is 11.3 Å². The highest BCUT2D eigenvalue weighted by atomic mass is 32.2. The van der Waals surface area contributed by atoms with E-state index in [-0.39, 0.29) is 16.7 Å². The van der Waals surface area contributed by atoms with Gasteiger partial charge in [0.1, 0.15) is 11.0 Å². The molecule has 0 bridgehead atoms. The first-order valence-electron chi connectivity index (χ1n) is 10.2. The first-order chi connectivity index (χ1) is 14.5. The Balaban J connectivity index is 1.50. The number of carbonyl (C=O) groups is 2. The van der Waals surface area contributed by atoms with Gasteiger partial charge in [-0.3, -0.25) is 9.59 Å². The Hall–Kier alpha value is -2.23. The summed E-state index contributed by atoms with van der Waals surface area (Å²) in [5.74, 6) is -0.464. The number of likely N-dealkylation sites (tertiary alicyclic amines) is 1. The molecule has 3 heterocycles. The summed E-state index contributed by atoms with van der Waals surface area (Å²) in [6, 6.07) is 9.11. The van der Waals surface area contributed by atoms with E-state index >= 15 is 0 Å². The zero-order valence-corrected chi connectivity index (χ0v) is 18.3. The van der Waals surface area contributed by atoms with Gasteiger partial charge in [0.05, 0.1) is 10.5 Å². The molecule has 0 radical (unpaired) electrons. The Morgan fingerprint density at radius 3 is 2.43 bits per heavy atom. The molecule has 0 saturated carbocycles. The minimum absolute atomic E-state index is 0.0774. The molecule has 2 amide bonds. The first-order valence-corrected chi connectivity index (χ1v) is 12.5. The number of hydrogen-bond acceptors (Lipinski definition) is 5. The van der Waals surface area contributed by atoms with Gasteiger partial charge in [-0.1, -0.05) is 18.2 Å². The molecule has 2 aliphatic rings. The van der Waals surface area contributed by atoms with E-state index in [0.717, 1.165) is 32.4 Å². The SMILES string of the molecule is O=C(Nc1sccc1C(=O)N1CCCCC1)[C@H]1CCCN1S(=O)(=O)c1ccccc1. The molecule has 1 N–H and O–H groups in total. The van der Waals surface area contributed by atoms with Crippen molar-refractivity contribution in [3.63, 3.8) is 0 Å². The molecule has 4 rings (SSSR count). The van der Waals surface area contributed by atoms with Gasteiger partial charge >= 0.3 is 0 Å². The zero-order chi connectivity index (χ0) is 21.1. The van der Waals surface area contributed by atoms with Crippen LogP contribution in [0.3, 0.4) is 0 Å². The second kappa shape index (κ2) is 8.87. The van der Waals surface area contributed by atoms with Crippen LogP contribution in [0.1, 0.15) is 42.5 Å². The summed E-state index contributed by atoms with van der Waals surface area (Å²) in [5, 5.41) is 5.10. The molecule has 1 atom stereocenters. The van der Waals surface area contributed by atoms with Crippen LogP contribution in [-0.4, -0.2) is 55.1 Å². The largest absolute Gasteiger partial charge is 0.339 e. The fourth-order valence-electron chi connectivity index (χ4n) is 4.05. The predicted octanol–water partition coefficient (Wildman–Crippen LogP) is 3.17. The summed E-state index contributed by atoms with van der Waals surface area (Å²) < 4.78 is 27.3. The summed E-state index contributed by atoms with van der Waals surface area (Å²) in [5.41, 5.74) is 0.478. The molecule has 7 nitrogen and oxygen atoms in total. The van der Waals surface area contributed by atoms with Crippen LogP contribution in [-0.2, 0) is 14.8 Å². The van der Waals surface area contributed by atoms with E-state index < -0.39 is 16.1 Å². The fourth-order valence-corrected chi connectivity index (χ4v) is 6.51. The fraction of sp³-hybridized carbons (Fsp3) is 0.429. The van der Waals surface area contributed by atoms with E-state index in [9.17, 15) is 18.0 Å². The van der Waals surface area contributed by atoms with E-state index in [0.29, 0.717) is 30.0 Å². The van der Waals surface area contributed by atoms with Crippen molar-refractivity contribution in [3.05, 3.63) is 47.3 Å². The summed E-state index contributed by atoms with van der Waals surface area (Å²) in [7, 11) is -3.75. The number of amides is 2. The highest BCUT2D eigenvalue weighted by Crippen LogP contribution is 2.30. The maximum Gasteiger partial charge on any atom is 0.256 e. The number of benzene rings is 1. The Morgan fingerprint density at radius 2 is 1.70 bits per heavy atom. The molecular weight excluding hydrogens is 422 g/mol. The minimum Gasteiger partial charge on any atom is -0.339 e. The molecule has 1 aromatic heterocycles. The summed E-state index contributed by atoms with van der Waals surface area (Å²) >= 11 is 1.29. The lowest BCUT2D eigenvalue weighted by Gasteiger charge is -2.27. The van der Waals surface area contributed by atoms with E-state index in [2.05, 4.69) is 5.32 Å². The molecule has 0 aliphatic carbocycles. The van der Waals surface area contributed by atoms with Gasteiger partial charge in [0.15, 0.2) is 0 Å². The van der Waals surface area contributed by atoms with Crippen molar-refractivity contribution in [2.24, 2.45) is 0 Å². The second-order valence-corrected chi connectivity index (χ2v) is 10.4. The predicted molar refractivity (Wildman–Crippen MR) is 116 cm³/mol. The lowest BCUT2D eigenvalue weighted by molar-refractivity contribution is -0.119. The van der Waals surface area contributed by atoms with Gasteiger partial charge in [-0.2, -0.15) is 4.31 Å². The molecular formula is C21H25N3O4S2. The number of sulfonamides is 1. The molecule has 160 valence electrons. The van der Waals surface area contributed by atoms with Gasteiger partial charge in [0.25, 0.3) is 5.91 Å². The minimum atomic E-state index is -3.75. The van der Waals surface area contributed by atoms with Crippen molar-refractivity contribution >= 4 is 38.2 Å². The number of nitrogens with one attached hydrogen (secondary N) is 1. The van der Waals surface area contributed by atoms with Crippen molar-refractivity contribution in [2.45, 2.75) is 43.0 Å². The molecule has 2 aromatic rings. The highest BCUT2D eigenvalue weighted by Gasteiger charge is 2.39. The number of nitrogens with zero attached hydrogens (tertiary/aromatic N) is 2. The maximum atomic E-state index is 13.0. The summed E-state index contributed by atoms with van der Waals surface area (Å²) in [6.45, 7) is 1.76. The molecule has 0 unspecified atom stereocenters. The number of rotatable bonds is 5. The van der Waals surface area contributed by atoms with Crippen LogP contribution in [0, 0.1) is 0 Å². The third-order valence-corrected chi connectivity index (χ3v) is 8.38. The number of hydrogen-bond donors (Lipinski definition) is 1. The molecule has 2 aliphatic heterocycles. The molecule has 9 heteroatoms. The third kappa shape index (κ3) is 4.14. The lowest BCUT2D eigenvalue weighted by atomic mass is 10.1. The Kier molecular flexibility index (Phi) is 6.21. The molecule has 30 heavy (non-hydrogen) atoms. The topological polar surface area (TPSA) is 86.8 Å². The van der Waals surface area contributed by atoms with Gasteiger partial charge in [-0.05, 0) is 55.7 Å². The van der Waals surface area contributed by atoms with Gasteiger partial charge in [-0.25, -0.2) is 8.42 Å². The summed E-state index contributed by atoms with van der Waals surface area (Å²) in [6.07, 6.45) is 4.19. The molecule has 0 spiro atoms. The smallest absolute Gasteiger partial charge is 0.256 e. The average Bonchev–Trinajstić information content (AvgIpc) is 3.44. The van der Waals surface area contributed by atoms with Crippen molar-refractivity contribution in [2.75, 3.05) is 25.0 Å². The molecule has 2 fully saturated rings. The molecule has 1 aromatic carbocycles. The standard InChI is InChI=1S/C21H25N3O4S2/c25-19(18-10-7-14-24(18)30(27,28)16-8-3-1-4-9-16)22-20-17(11-15-29-20)21(26)23-12-5-2-6-13-23/h1,3-4,8-9,11,15,18H,2,5-7,10,12-14H2,(H,22,25)/t18-/m1/s1. The van der Waals surface area contributed by atoms with Gasteiger partial charge in [0.2, 0.25) is 15.9 Å². The zero-order valence-electron chi connectivity index (χ0n) is 16.6. The highest BCUT2D eigenvalue weighted by molar-refractivity contribution is 7.89. The van der Waals surface area contributed by atoms with Crippen molar-refractivity contribution in [1.29, 1.82) is 0 Å². The molecule has 2 saturated heterocycles. The number of thiophene rings is 1. The third-order valence-electron chi connectivity index (χ3n) is 5.63. The van der Waals surface area contributed by atoms with Crippen LogP contribution in [0.25, 0.3) is 0 Å². The van der Waals surface area contributed by atoms with E-state index in [1.807, 2.05) is 4.90 Å². The number of carbonyl (C=O) groups excluding carboxylic acids is 2. The van der Waals surface area contributed by atoms with E-state index in [4.69, 9.17) is 0 Å². The van der Waals surface area contributed by atoms with Crippen LogP contribution in [0.15, 0.2) is 46.7 Å². The van der Waals surface area contributed by atoms with Crippen LogP contribution in [0.4, 0.5) is 5.00 Å². The maximum absolute atomic E-state index is 13.0. The average molecular weight is 448 g/mol. The van der Waals surface area contributed by atoms with Gasteiger partial charge in [0, 0.05) is 19.6 Å². The Morgan fingerprint density at radius 1 is 0.967 bits per heavy atom. The van der Waals surface area contributed by atoms with E-state index in [1.165, 1.54) is 27.8 Å². The van der Waals surface area contributed by atoms with Crippen LogP contribution in [0.5, 0.6) is 0 Å². The van der Waals surface area contributed by atoms with Crippen molar-refractivity contribution in [3.8, 4) is 0 Å². The van der Waals surface area contributed by atoms with Crippen LogP contribution in [0.2, 0.25) is 0 Å². The number of anilines is 1. The summed E-state index contributed by atoms with van der Waals surface area (Å²) in [4.78, 5) is 27.9. The lowest BCUT2D eigenvalue weighted by Crippen LogP contribution is -2.43. The van der Waals surface area contributed by atoms with Gasteiger partial charge < -0.3 is 10.2 Å². The quantitative estimate of drug-likeness (QED) is 0.763. The van der Waals surface area contributed by atoms with Crippen LogP contribution >= 0.6 is 11.3 Å². The second-order valence-electron chi connectivity index (χ2n) is 7.59. The van der Waals surface area contributed by atoms with Crippen LogP contribution < -0.4 is 5.32 Å². The normalized spacial score (nSPS) is 20.3. The Labute approximate surface area is 180 Å². The van der Waals surface area contributed by atoms with E-state index in [1.54, 1.807) is 29.6 Å². The monoisotopic (exact) mass is 447 g/mol. The number of piperidine rings is 1.